The third-order valence-corrected chi connectivity index (χ3v) is 4.63. The average molecular weight is 365 g/mol. The van der Waals surface area contributed by atoms with Gasteiger partial charge in [0, 0.05) is 44.2 Å². The highest BCUT2D eigenvalue weighted by molar-refractivity contribution is 6.36. The van der Waals surface area contributed by atoms with E-state index >= 15 is 0 Å². The van der Waals surface area contributed by atoms with Crippen LogP contribution in [0.15, 0.2) is 18.2 Å². The molecular weight excluding hydrogens is 347 g/mol. The zero-order valence-electron chi connectivity index (χ0n) is 13.2. The summed E-state index contributed by atoms with van der Waals surface area (Å²) in [4.78, 5) is 16.5. The SMILES string of the molecule is N#CCC[C@@H](C#N)CN1CCN(C(=O)c2ccc(Cl)cc2Cl)CC1. The van der Waals surface area contributed by atoms with Gasteiger partial charge in [-0.15, -0.1) is 0 Å². The van der Waals surface area contributed by atoms with E-state index in [4.69, 9.17) is 33.7 Å². The number of halogens is 2. The van der Waals surface area contributed by atoms with E-state index in [2.05, 4.69) is 17.0 Å². The van der Waals surface area contributed by atoms with Gasteiger partial charge < -0.3 is 4.90 Å². The van der Waals surface area contributed by atoms with Crippen LogP contribution in [-0.2, 0) is 0 Å². The second-order valence-corrected chi connectivity index (χ2v) is 6.58. The van der Waals surface area contributed by atoms with Crippen molar-refractivity contribution in [1.82, 2.24) is 9.80 Å². The maximum Gasteiger partial charge on any atom is 0.255 e. The molecule has 0 aliphatic carbocycles. The minimum atomic E-state index is -0.141. The van der Waals surface area contributed by atoms with Crippen molar-refractivity contribution in [2.45, 2.75) is 12.8 Å². The molecule has 1 aromatic rings. The molecule has 1 aromatic carbocycles. The van der Waals surface area contributed by atoms with Gasteiger partial charge in [-0.1, -0.05) is 23.2 Å². The number of piperazine rings is 1. The van der Waals surface area contributed by atoms with E-state index in [0.29, 0.717) is 61.2 Å². The lowest BCUT2D eigenvalue weighted by Gasteiger charge is -2.35. The Kier molecular flexibility index (Phi) is 6.87. The molecule has 0 bridgehead atoms. The number of benzene rings is 1. The van der Waals surface area contributed by atoms with Crippen LogP contribution in [0.4, 0.5) is 0 Å². The maximum absolute atomic E-state index is 12.5. The monoisotopic (exact) mass is 364 g/mol. The Morgan fingerprint density at radius 1 is 1.21 bits per heavy atom. The minimum absolute atomic E-state index is 0.0994. The first-order chi connectivity index (χ1) is 11.5. The fourth-order valence-electron chi connectivity index (χ4n) is 2.71. The van der Waals surface area contributed by atoms with E-state index in [1.54, 1.807) is 23.1 Å². The minimum Gasteiger partial charge on any atom is -0.336 e. The van der Waals surface area contributed by atoms with E-state index in [-0.39, 0.29) is 11.8 Å². The van der Waals surface area contributed by atoms with Crippen LogP contribution in [0.3, 0.4) is 0 Å². The Bertz CT molecular complexity index is 672. The van der Waals surface area contributed by atoms with Crippen LogP contribution in [0.2, 0.25) is 10.0 Å². The van der Waals surface area contributed by atoms with Crippen molar-refractivity contribution in [2.24, 2.45) is 5.92 Å². The first kappa shape index (κ1) is 18.5. The van der Waals surface area contributed by atoms with Gasteiger partial charge in [-0.25, -0.2) is 0 Å². The molecular formula is C17H18Cl2N4O. The molecule has 1 saturated heterocycles. The zero-order valence-corrected chi connectivity index (χ0v) is 14.7. The van der Waals surface area contributed by atoms with Crippen molar-refractivity contribution in [3.63, 3.8) is 0 Å². The average Bonchev–Trinajstić information content (AvgIpc) is 2.58. The highest BCUT2D eigenvalue weighted by Gasteiger charge is 2.25. The molecule has 5 nitrogen and oxygen atoms in total. The molecule has 0 saturated carbocycles. The summed E-state index contributed by atoms with van der Waals surface area (Å²) in [6.07, 6.45) is 0.984. The smallest absolute Gasteiger partial charge is 0.255 e. The Hall–Kier alpha value is -1.79. The molecule has 1 amide bonds. The molecule has 0 aromatic heterocycles. The third kappa shape index (κ3) is 4.85. The first-order valence-electron chi connectivity index (χ1n) is 7.78. The molecule has 0 N–H and O–H groups in total. The van der Waals surface area contributed by atoms with Gasteiger partial charge in [0.15, 0.2) is 0 Å². The van der Waals surface area contributed by atoms with Crippen LogP contribution < -0.4 is 0 Å². The Morgan fingerprint density at radius 3 is 2.50 bits per heavy atom. The summed E-state index contributed by atoms with van der Waals surface area (Å²) in [6.45, 7) is 3.24. The summed E-state index contributed by atoms with van der Waals surface area (Å²) < 4.78 is 0. The van der Waals surface area contributed by atoms with Gasteiger partial charge in [0.05, 0.1) is 28.6 Å². The van der Waals surface area contributed by atoms with Crippen molar-refractivity contribution in [3.8, 4) is 12.1 Å². The van der Waals surface area contributed by atoms with E-state index in [0.717, 1.165) is 0 Å². The van der Waals surface area contributed by atoms with Crippen molar-refractivity contribution < 1.29 is 4.79 Å². The first-order valence-corrected chi connectivity index (χ1v) is 8.54. The van der Waals surface area contributed by atoms with Crippen LogP contribution in [-0.4, -0.2) is 48.4 Å². The Balaban J connectivity index is 1.89. The summed E-state index contributed by atoms with van der Waals surface area (Å²) >= 11 is 12.0. The van der Waals surface area contributed by atoms with Crippen LogP contribution in [0, 0.1) is 28.6 Å². The molecule has 1 fully saturated rings. The molecule has 1 heterocycles. The number of carbonyl (C=O) groups excluding carboxylic acids is 1. The molecule has 1 aliphatic heterocycles. The highest BCUT2D eigenvalue weighted by atomic mass is 35.5. The number of nitrogens with zero attached hydrogens (tertiary/aromatic N) is 4. The number of hydrogen-bond acceptors (Lipinski definition) is 4. The molecule has 1 aliphatic rings. The van der Waals surface area contributed by atoms with Crippen LogP contribution in [0.5, 0.6) is 0 Å². The largest absolute Gasteiger partial charge is 0.336 e. The molecule has 0 radical (unpaired) electrons. The van der Waals surface area contributed by atoms with Crippen molar-refractivity contribution >= 4 is 29.1 Å². The summed E-state index contributed by atoms with van der Waals surface area (Å²) in [5.74, 6) is -0.241. The highest BCUT2D eigenvalue weighted by Crippen LogP contribution is 2.23. The fraction of sp³-hybridized carbons (Fsp3) is 0.471. The number of amides is 1. The predicted octanol–water partition coefficient (Wildman–Crippen LogP) is 3.19. The lowest BCUT2D eigenvalue weighted by molar-refractivity contribution is 0.0625. The zero-order chi connectivity index (χ0) is 17.5. The molecule has 7 heteroatoms. The van der Waals surface area contributed by atoms with E-state index in [1.807, 2.05) is 0 Å². The third-order valence-electron chi connectivity index (χ3n) is 4.09. The second kappa shape index (κ2) is 8.89. The lowest BCUT2D eigenvalue weighted by Crippen LogP contribution is -2.49. The molecule has 1 atom stereocenters. The molecule has 2 rings (SSSR count). The van der Waals surface area contributed by atoms with Crippen LogP contribution in [0.25, 0.3) is 0 Å². The number of carbonyl (C=O) groups is 1. The van der Waals surface area contributed by atoms with Crippen molar-refractivity contribution in [3.05, 3.63) is 33.8 Å². The Morgan fingerprint density at radius 2 is 1.92 bits per heavy atom. The summed E-state index contributed by atoms with van der Waals surface area (Å²) in [6, 6.07) is 9.20. The van der Waals surface area contributed by atoms with Gasteiger partial charge in [0.25, 0.3) is 5.91 Å². The van der Waals surface area contributed by atoms with Gasteiger partial charge in [0.1, 0.15) is 0 Å². The number of nitriles is 2. The topological polar surface area (TPSA) is 71.1 Å². The molecule has 0 unspecified atom stereocenters. The number of hydrogen-bond donors (Lipinski definition) is 0. The predicted molar refractivity (Wildman–Crippen MR) is 92.8 cm³/mol. The van der Waals surface area contributed by atoms with Crippen molar-refractivity contribution in [2.75, 3.05) is 32.7 Å². The molecule has 24 heavy (non-hydrogen) atoms. The maximum atomic E-state index is 12.5. The Labute approximate surface area is 152 Å². The fourth-order valence-corrected chi connectivity index (χ4v) is 3.20. The van der Waals surface area contributed by atoms with Gasteiger partial charge in [-0.05, 0) is 24.6 Å². The standard InChI is InChI=1S/C17H18Cl2N4O/c18-14-3-4-15(16(19)10-14)17(24)23-8-6-22(7-9-23)12-13(11-21)2-1-5-20/h3-4,10,13H,1-2,6-9,12H2/t13-/m0/s1. The second-order valence-electron chi connectivity index (χ2n) is 5.74. The van der Waals surface area contributed by atoms with Crippen LogP contribution in [0.1, 0.15) is 23.2 Å². The van der Waals surface area contributed by atoms with E-state index in [1.165, 1.54) is 0 Å². The quantitative estimate of drug-likeness (QED) is 0.804. The summed E-state index contributed by atoms with van der Waals surface area (Å²) in [7, 11) is 0. The van der Waals surface area contributed by atoms with E-state index < -0.39 is 0 Å². The summed E-state index contributed by atoms with van der Waals surface area (Å²) in [5, 5.41) is 18.6. The van der Waals surface area contributed by atoms with Gasteiger partial charge in [-0.2, -0.15) is 10.5 Å². The van der Waals surface area contributed by atoms with Crippen LogP contribution >= 0.6 is 23.2 Å². The van der Waals surface area contributed by atoms with Gasteiger partial charge in [0.2, 0.25) is 0 Å². The van der Waals surface area contributed by atoms with E-state index in [9.17, 15) is 4.79 Å². The van der Waals surface area contributed by atoms with Gasteiger partial charge in [-0.3, -0.25) is 9.69 Å². The lowest BCUT2D eigenvalue weighted by atomic mass is 10.0. The van der Waals surface area contributed by atoms with Gasteiger partial charge >= 0.3 is 0 Å². The number of rotatable bonds is 5. The van der Waals surface area contributed by atoms with Crippen molar-refractivity contribution in [1.29, 1.82) is 10.5 Å². The molecule has 0 spiro atoms. The molecule has 126 valence electrons. The summed E-state index contributed by atoms with van der Waals surface area (Å²) in [5.41, 5.74) is 0.457. The normalized spacial score (nSPS) is 16.2.